The van der Waals surface area contributed by atoms with E-state index in [4.69, 9.17) is 4.18 Å². The fraction of sp³-hybridized carbons (Fsp3) is 0.280. The van der Waals surface area contributed by atoms with Gasteiger partial charge in [-0.1, -0.05) is 64.1 Å². The lowest BCUT2D eigenvalue weighted by molar-refractivity contribution is 0.399. The Kier molecular flexibility index (Phi) is 5.77. The van der Waals surface area contributed by atoms with Crippen LogP contribution in [-0.2, 0) is 15.5 Å². The highest BCUT2D eigenvalue weighted by atomic mass is 32.2. The smallest absolute Gasteiger partial charge is 0.339 e. The van der Waals surface area contributed by atoms with E-state index in [-0.39, 0.29) is 16.1 Å². The van der Waals surface area contributed by atoms with E-state index in [1.807, 2.05) is 36.4 Å². The topological polar surface area (TPSA) is 74.1 Å². The van der Waals surface area contributed by atoms with E-state index < -0.39 is 10.1 Å². The van der Waals surface area contributed by atoms with E-state index in [0.717, 1.165) is 23.0 Å². The summed E-state index contributed by atoms with van der Waals surface area (Å²) in [6.07, 6.45) is 0.976. The van der Waals surface area contributed by atoms with Gasteiger partial charge in [0, 0.05) is 0 Å². The van der Waals surface area contributed by atoms with Crippen LogP contribution in [-0.4, -0.2) is 23.4 Å². The first-order valence-corrected chi connectivity index (χ1v) is 12.0. The SMILES string of the molecule is CC(C)CC(C)(C)c1ccc(OS(=O)(=O)c2ccccc2)c(-n2nc3ccccc3n2)c1. The molecule has 3 aromatic carbocycles. The Morgan fingerprint density at radius 2 is 1.50 bits per heavy atom. The quantitative estimate of drug-likeness (QED) is 0.348. The Morgan fingerprint density at radius 1 is 0.906 bits per heavy atom. The van der Waals surface area contributed by atoms with E-state index in [1.54, 1.807) is 24.3 Å². The van der Waals surface area contributed by atoms with E-state index in [2.05, 4.69) is 37.9 Å². The van der Waals surface area contributed by atoms with Gasteiger partial charge < -0.3 is 4.18 Å². The summed E-state index contributed by atoms with van der Waals surface area (Å²) in [5.74, 6) is 0.687. The van der Waals surface area contributed by atoms with E-state index >= 15 is 0 Å². The zero-order valence-corrected chi connectivity index (χ0v) is 19.5. The second-order valence-electron chi connectivity index (χ2n) is 8.99. The molecule has 32 heavy (non-hydrogen) atoms. The minimum absolute atomic E-state index is 0.0914. The van der Waals surface area contributed by atoms with Crippen molar-refractivity contribution in [3.63, 3.8) is 0 Å². The molecule has 0 saturated heterocycles. The van der Waals surface area contributed by atoms with Gasteiger partial charge in [0.25, 0.3) is 0 Å². The van der Waals surface area contributed by atoms with Crippen LogP contribution in [0.25, 0.3) is 16.7 Å². The van der Waals surface area contributed by atoms with Gasteiger partial charge in [-0.15, -0.1) is 15.0 Å². The highest BCUT2D eigenvalue weighted by Gasteiger charge is 2.26. The minimum atomic E-state index is -4.01. The van der Waals surface area contributed by atoms with Crippen LogP contribution in [0.15, 0.2) is 77.7 Å². The summed E-state index contributed by atoms with van der Waals surface area (Å²) in [6.45, 7) is 8.74. The summed E-state index contributed by atoms with van der Waals surface area (Å²) >= 11 is 0. The van der Waals surface area contributed by atoms with Crippen molar-refractivity contribution in [2.75, 3.05) is 0 Å². The van der Waals surface area contributed by atoms with Gasteiger partial charge in [0.05, 0.1) is 0 Å². The zero-order valence-electron chi connectivity index (χ0n) is 18.7. The summed E-state index contributed by atoms with van der Waals surface area (Å²) in [5.41, 5.74) is 2.86. The maximum Gasteiger partial charge on any atom is 0.339 e. The van der Waals surface area contributed by atoms with Crippen molar-refractivity contribution in [3.05, 3.63) is 78.4 Å². The molecule has 7 heteroatoms. The molecule has 166 valence electrons. The molecule has 6 nitrogen and oxygen atoms in total. The molecule has 0 N–H and O–H groups in total. The molecule has 0 radical (unpaired) electrons. The first kappa shape index (κ1) is 22.0. The Hall–Kier alpha value is -3.19. The second-order valence-corrected chi connectivity index (χ2v) is 10.5. The number of nitrogens with zero attached hydrogens (tertiary/aromatic N) is 3. The highest BCUT2D eigenvalue weighted by Crippen LogP contribution is 2.35. The average molecular weight is 450 g/mol. The molecular weight excluding hydrogens is 422 g/mol. The van der Waals surface area contributed by atoms with Gasteiger partial charge in [0.1, 0.15) is 21.6 Å². The van der Waals surface area contributed by atoms with Gasteiger partial charge in [-0.2, -0.15) is 8.42 Å². The Labute approximate surface area is 189 Å². The summed E-state index contributed by atoms with van der Waals surface area (Å²) in [4.78, 5) is 1.55. The first-order valence-electron chi connectivity index (χ1n) is 10.6. The standard InChI is InChI=1S/C25H27N3O3S/c1-18(2)17-25(3,4)19-14-15-24(31-32(29,30)20-10-6-5-7-11-20)23(16-19)28-26-21-12-8-9-13-22(21)27-28/h5-16,18H,17H2,1-4H3. The fourth-order valence-corrected chi connectivity index (χ4v) is 4.99. The molecule has 4 aromatic rings. The van der Waals surface area contributed by atoms with Crippen molar-refractivity contribution in [2.45, 2.75) is 44.4 Å². The molecule has 0 unspecified atom stereocenters. The van der Waals surface area contributed by atoms with Crippen LogP contribution < -0.4 is 4.18 Å². The molecule has 0 aliphatic carbocycles. The molecule has 0 aliphatic heterocycles. The normalized spacial score (nSPS) is 12.4. The van der Waals surface area contributed by atoms with E-state index in [9.17, 15) is 8.42 Å². The monoisotopic (exact) mass is 449 g/mol. The van der Waals surface area contributed by atoms with Crippen LogP contribution in [0.1, 0.15) is 39.7 Å². The van der Waals surface area contributed by atoms with E-state index in [1.165, 1.54) is 16.9 Å². The lowest BCUT2D eigenvalue weighted by Gasteiger charge is -2.28. The summed E-state index contributed by atoms with van der Waals surface area (Å²) in [7, 11) is -4.01. The maximum atomic E-state index is 12.9. The van der Waals surface area contributed by atoms with Crippen molar-refractivity contribution < 1.29 is 12.6 Å². The number of hydrogen-bond donors (Lipinski definition) is 0. The molecule has 0 atom stereocenters. The molecule has 0 spiro atoms. The predicted molar refractivity (Wildman–Crippen MR) is 126 cm³/mol. The minimum Gasteiger partial charge on any atom is -0.377 e. The molecule has 0 fully saturated rings. The third-order valence-corrected chi connectivity index (χ3v) is 6.64. The number of hydrogen-bond acceptors (Lipinski definition) is 5. The highest BCUT2D eigenvalue weighted by molar-refractivity contribution is 7.87. The molecule has 0 amide bonds. The summed E-state index contributed by atoms with van der Waals surface area (Å²) < 4.78 is 31.4. The molecule has 0 bridgehead atoms. The molecule has 1 heterocycles. The Balaban J connectivity index is 1.84. The van der Waals surface area contributed by atoms with Crippen LogP contribution in [0.5, 0.6) is 5.75 Å². The predicted octanol–water partition coefficient (Wildman–Crippen LogP) is 5.51. The molecule has 1 aromatic heterocycles. The average Bonchev–Trinajstić information content (AvgIpc) is 3.17. The second kappa shape index (κ2) is 8.39. The van der Waals surface area contributed by atoms with Crippen LogP contribution in [0.2, 0.25) is 0 Å². The third-order valence-electron chi connectivity index (χ3n) is 5.39. The Bertz CT molecular complexity index is 1310. The molecule has 4 rings (SSSR count). The summed E-state index contributed by atoms with van der Waals surface area (Å²) in [6, 6.07) is 21.2. The van der Waals surface area contributed by atoms with Gasteiger partial charge in [-0.3, -0.25) is 0 Å². The van der Waals surface area contributed by atoms with Crippen molar-refractivity contribution >= 4 is 21.2 Å². The molecule has 0 saturated carbocycles. The van der Waals surface area contributed by atoms with Crippen molar-refractivity contribution in [3.8, 4) is 11.4 Å². The molecular formula is C25H27N3O3S. The number of fused-ring (bicyclic) bond motifs is 1. The van der Waals surface area contributed by atoms with Crippen LogP contribution >= 0.6 is 0 Å². The van der Waals surface area contributed by atoms with Gasteiger partial charge in [0.15, 0.2) is 5.75 Å². The van der Waals surface area contributed by atoms with E-state index in [0.29, 0.717) is 11.6 Å². The lowest BCUT2D eigenvalue weighted by Crippen LogP contribution is -2.20. The van der Waals surface area contributed by atoms with Gasteiger partial charge in [-0.05, 0) is 59.7 Å². The van der Waals surface area contributed by atoms with Crippen molar-refractivity contribution in [1.29, 1.82) is 0 Å². The van der Waals surface area contributed by atoms with Gasteiger partial charge in [-0.25, -0.2) is 0 Å². The largest absolute Gasteiger partial charge is 0.377 e. The maximum absolute atomic E-state index is 12.9. The Morgan fingerprint density at radius 3 is 2.09 bits per heavy atom. The number of aromatic nitrogens is 3. The van der Waals surface area contributed by atoms with Gasteiger partial charge in [0.2, 0.25) is 0 Å². The fourth-order valence-electron chi connectivity index (χ4n) is 4.02. The van der Waals surface area contributed by atoms with Crippen molar-refractivity contribution in [1.82, 2.24) is 15.0 Å². The van der Waals surface area contributed by atoms with Crippen LogP contribution in [0.4, 0.5) is 0 Å². The third kappa shape index (κ3) is 4.53. The zero-order chi connectivity index (χ0) is 22.9. The number of benzene rings is 3. The first-order chi connectivity index (χ1) is 15.2. The van der Waals surface area contributed by atoms with Crippen LogP contribution in [0, 0.1) is 5.92 Å². The lowest BCUT2D eigenvalue weighted by atomic mass is 9.78. The molecule has 0 aliphatic rings. The van der Waals surface area contributed by atoms with Crippen molar-refractivity contribution in [2.24, 2.45) is 5.92 Å². The number of rotatable bonds is 7. The van der Waals surface area contributed by atoms with Gasteiger partial charge >= 0.3 is 10.1 Å². The van der Waals surface area contributed by atoms with Crippen LogP contribution in [0.3, 0.4) is 0 Å². The summed E-state index contributed by atoms with van der Waals surface area (Å²) in [5, 5.41) is 9.12.